The molecule has 0 aliphatic carbocycles. The molecule has 0 N–H and O–H groups in total. The first-order chi connectivity index (χ1) is 8.27. The molecule has 2 rings (SSSR count). The Balaban J connectivity index is 2.34. The van der Waals surface area contributed by atoms with Crippen molar-refractivity contribution in [1.29, 1.82) is 0 Å². The largest absolute Gasteiger partial charge is 0.449 e. The third kappa shape index (κ3) is 2.25. The molecule has 1 aromatic rings. The number of pyridine rings is 1. The van der Waals surface area contributed by atoms with Crippen LogP contribution in [-0.2, 0) is 11.2 Å². The van der Waals surface area contributed by atoms with Crippen LogP contribution in [0.4, 0.5) is 10.5 Å². The number of carbonyl (C=O) groups is 1. The number of rotatable bonds is 2. The Hall–Kier alpha value is -1.58. The van der Waals surface area contributed by atoms with Crippen molar-refractivity contribution in [2.24, 2.45) is 0 Å². The average Bonchev–Trinajstić information content (AvgIpc) is 2.37. The first-order valence-corrected chi connectivity index (χ1v) is 6.17. The monoisotopic (exact) mass is 234 g/mol. The summed E-state index contributed by atoms with van der Waals surface area (Å²) in [5.41, 5.74) is 1.90. The van der Waals surface area contributed by atoms with Crippen LogP contribution in [0.15, 0.2) is 18.3 Å². The Morgan fingerprint density at radius 2 is 2.41 bits per heavy atom. The Bertz CT molecular complexity index is 406. The summed E-state index contributed by atoms with van der Waals surface area (Å²) in [6.45, 7) is 4.33. The van der Waals surface area contributed by atoms with Crippen molar-refractivity contribution in [2.45, 2.75) is 39.2 Å². The average molecular weight is 234 g/mol. The second-order valence-electron chi connectivity index (χ2n) is 4.14. The summed E-state index contributed by atoms with van der Waals surface area (Å²) in [6.07, 6.45) is 4.35. The van der Waals surface area contributed by atoms with Crippen LogP contribution in [0.5, 0.6) is 0 Å². The molecular weight excluding hydrogens is 216 g/mol. The molecule has 1 amide bonds. The standard InChI is InChI=1S/C13H18N2O2/c1-3-10-7-8-11-12(6-5-9-14-11)15(10)13(16)17-4-2/h5-6,9-10H,3-4,7-8H2,1-2H3. The molecule has 0 aromatic carbocycles. The van der Waals surface area contributed by atoms with Gasteiger partial charge in [0, 0.05) is 12.2 Å². The summed E-state index contributed by atoms with van der Waals surface area (Å²) in [4.78, 5) is 18.1. The van der Waals surface area contributed by atoms with Crippen LogP contribution in [-0.4, -0.2) is 23.7 Å². The molecule has 1 aromatic heterocycles. The number of amides is 1. The second kappa shape index (κ2) is 5.17. The van der Waals surface area contributed by atoms with Gasteiger partial charge in [-0.05, 0) is 38.3 Å². The zero-order valence-electron chi connectivity index (χ0n) is 10.3. The Morgan fingerprint density at radius 1 is 1.59 bits per heavy atom. The van der Waals surface area contributed by atoms with Crippen LogP contribution >= 0.6 is 0 Å². The molecule has 0 radical (unpaired) electrons. The third-order valence-electron chi connectivity index (χ3n) is 3.14. The molecule has 1 aliphatic heterocycles. The highest BCUT2D eigenvalue weighted by molar-refractivity contribution is 5.89. The molecule has 17 heavy (non-hydrogen) atoms. The number of ether oxygens (including phenoxy) is 1. The van der Waals surface area contributed by atoms with Gasteiger partial charge in [0.1, 0.15) is 0 Å². The van der Waals surface area contributed by atoms with Gasteiger partial charge in [-0.3, -0.25) is 9.88 Å². The quantitative estimate of drug-likeness (QED) is 0.790. The molecule has 92 valence electrons. The number of hydrogen-bond donors (Lipinski definition) is 0. The first-order valence-electron chi connectivity index (χ1n) is 6.17. The fraction of sp³-hybridized carbons (Fsp3) is 0.538. The van der Waals surface area contributed by atoms with Crippen molar-refractivity contribution in [2.75, 3.05) is 11.5 Å². The second-order valence-corrected chi connectivity index (χ2v) is 4.14. The SMILES string of the molecule is CCOC(=O)N1c2cccnc2CCC1CC. The maximum atomic E-state index is 12.0. The number of hydrogen-bond acceptors (Lipinski definition) is 3. The van der Waals surface area contributed by atoms with Crippen LogP contribution in [0.3, 0.4) is 0 Å². The smallest absolute Gasteiger partial charge is 0.414 e. The van der Waals surface area contributed by atoms with E-state index in [-0.39, 0.29) is 12.1 Å². The van der Waals surface area contributed by atoms with Gasteiger partial charge in [-0.1, -0.05) is 6.92 Å². The van der Waals surface area contributed by atoms with E-state index in [2.05, 4.69) is 11.9 Å². The maximum absolute atomic E-state index is 12.0. The van der Waals surface area contributed by atoms with Crippen molar-refractivity contribution in [1.82, 2.24) is 4.98 Å². The minimum absolute atomic E-state index is 0.228. The number of carbonyl (C=O) groups excluding carboxylic acids is 1. The number of aromatic nitrogens is 1. The minimum atomic E-state index is -0.256. The van der Waals surface area contributed by atoms with E-state index < -0.39 is 0 Å². The van der Waals surface area contributed by atoms with E-state index in [1.807, 2.05) is 19.1 Å². The van der Waals surface area contributed by atoms with Crippen molar-refractivity contribution < 1.29 is 9.53 Å². The Morgan fingerprint density at radius 3 is 3.12 bits per heavy atom. The lowest BCUT2D eigenvalue weighted by Gasteiger charge is -2.35. The van der Waals surface area contributed by atoms with Crippen molar-refractivity contribution in [3.8, 4) is 0 Å². The summed E-state index contributed by atoms with van der Waals surface area (Å²) in [6, 6.07) is 4.04. The lowest BCUT2D eigenvalue weighted by atomic mass is 9.98. The maximum Gasteiger partial charge on any atom is 0.414 e. The van der Waals surface area contributed by atoms with Gasteiger partial charge in [0.2, 0.25) is 0 Å². The number of fused-ring (bicyclic) bond motifs is 1. The van der Waals surface area contributed by atoms with Gasteiger partial charge in [-0.25, -0.2) is 4.79 Å². The lowest BCUT2D eigenvalue weighted by Crippen LogP contribution is -2.44. The van der Waals surface area contributed by atoms with E-state index >= 15 is 0 Å². The van der Waals surface area contributed by atoms with Gasteiger partial charge in [0.15, 0.2) is 0 Å². The number of nitrogens with zero attached hydrogens (tertiary/aromatic N) is 2. The van der Waals surface area contributed by atoms with Crippen molar-refractivity contribution in [3.63, 3.8) is 0 Å². The summed E-state index contributed by atoms with van der Waals surface area (Å²) in [7, 11) is 0. The number of aryl methyl sites for hydroxylation is 1. The van der Waals surface area contributed by atoms with E-state index in [1.165, 1.54) is 0 Å². The zero-order chi connectivity index (χ0) is 12.3. The van der Waals surface area contributed by atoms with Gasteiger partial charge in [0.25, 0.3) is 0 Å². The molecule has 0 fully saturated rings. The van der Waals surface area contributed by atoms with Crippen LogP contribution in [0, 0.1) is 0 Å². The van der Waals surface area contributed by atoms with E-state index in [9.17, 15) is 4.79 Å². The number of anilines is 1. The fourth-order valence-corrected chi connectivity index (χ4v) is 2.30. The third-order valence-corrected chi connectivity index (χ3v) is 3.14. The Labute approximate surface area is 102 Å². The van der Waals surface area contributed by atoms with Gasteiger partial charge in [-0.2, -0.15) is 0 Å². The highest BCUT2D eigenvalue weighted by Gasteiger charge is 2.31. The highest BCUT2D eigenvalue weighted by Crippen LogP contribution is 2.30. The van der Waals surface area contributed by atoms with E-state index in [0.29, 0.717) is 6.61 Å². The molecule has 2 heterocycles. The Kier molecular flexibility index (Phi) is 3.61. The van der Waals surface area contributed by atoms with E-state index in [4.69, 9.17) is 4.74 Å². The zero-order valence-corrected chi connectivity index (χ0v) is 10.3. The fourth-order valence-electron chi connectivity index (χ4n) is 2.30. The van der Waals surface area contributed by atoms with Crippen LogP contribution in [0.1, 0.15) is 32.4 Å². The van der Waals surface area contributed by atoms with Gasteiger partial charge < -0.3 is 4.74 Å². The van der Waals surface area contributed by atoms with Crippen LogP contribution < -0.4 is 4.90 Å². The molecule has 1 unspecified atom stereocenters. The first kappa shape index (κ1) is 11.9. The molecule has 0 spiro atoms. The molecular formula is C13H18N2O2. The molecule has 0 bridgehead atoms. The molecule has 4 heteroatoms. The molecule has 0 saturated carbocycles. The topological polar surface area (TPSA) is 42.4 Å². The van der Waals surface area contributed by atoms with E-state index in [1.54, 1.807) is 11.1 Å². The van der Waals surface area contributed by atoms with Crippen molar-refractivity contribution in [3.05, 3.63) is 24.0 Å². The molecule has 1 aliphatic rings. The van der Waals surface area contributed by atoms with Crippen LogP contribution in [0.25, 0.3) is 0 Å². The van der Waals surface area contributed by atoms with Gasteiger partial charge >= 0.3 is 6.09 Å². The summed E-state index contributed by atoms with van der Waals surface area (Å²) < 4.78 is 5.13. The summed E-state index contributed by atoms with van der Waals surface area (Å²) in [5, 5.41) is 0. The normalized spacial score (nSPS) is 18.7. The van der Waals surface area contributed by atoms with Crippen molar-refractivity contribution >= 4 is 11.8 Å². The lowest BCUT2D eigenvalue weighted by molar-refractivity contribution is 0.155. The van der Waals surface area contributed by atoms with E-state index in [0.717, 1.165) is 30.6 Å². The summed E-state index contributed by atoms with van der Waals surface area (Å²) >= 11 is 0. The molecule has 0 saturated heterocycles. The predicted octanol–water partition coefficient (Wildman–Crippen LogP) is 2.77. The predicted molar refractivity (Wildman–Crippen MR) is 66.1 cm³/mol. The van der Waals surface area contributed by atoms with Crippen LogP contribution in [0.2, 0.25) is 0 Å². The van der Waals surface area contributed by atoms with Gasteiger partial charge in [-0.15, -0.1) is 0 Å². The highest BCUT2D eigenvalue weighted by atomic mass is 16.6. The minimum Gasteiger partial charge on any atom is -0.449 e. The summed E-state index contributed by atoms with van der Waals surface area (Å²) in [5.74, 6) is 0. The molecule has 4 nitrogen and oxygen atoms in total. The van der Waals surface area contributed by atoms with Gasteiger partial charge in [0.05, 0.1) is 18.0 Å². The molecule has 1 atom stereocenters.